The van der Waals surface area contributed by atoms with Crippen molar-refractivity contribution in [2.24, 2.45) is 0 Å². The summed E-state index contributed by atoms with van der Waals surface area (Å²) in [6.45, 7) is 0. The van der Waals surface area contributed by atoms with E-state index in [1.165, 1.54) is 0 Å². The third kappa shape index (κ3) is 1.52. The highest BCUT2D eigenvalue weighted by Gasteiger charge is 2.86. The molecular formula is C7F11NO. The number of hydrogen-bond acceptors (Lipinski definition) is 2. The molecule has 0 aromatic rings. The first-order chi connectivity index (χ1) is 8.58. The molecule has 0 aromatic carbocycles. The van der Waals surface area contributed by atoms with E-state index in [9.17, 15) is 48.3 Å². The second-order valence-corrected chi connectivity index (χ2v) is 3.81. The van der Waals surface area contributed by atoms with Crippen LogP contribution in [0.25, 0.3) is 0 Å². The first kappa shape index (κ1) is 15.3. The molecule has 2 aliphatic rings. The monoisotopic (exact) mass is 323 g/mol. The molecule has 1 aliphatic heterocycles. The first-order valence-corrected chi connectivity index (χ1v) is 4.41. The summed E-state index contributed by atoms with van der Waals surface area (Å²) in [4.78, 5) is 2.47. The molecular weight excluding hydrogens is 323 g/mol. The maximum absolute atomic E-state index is 13.1. The number of hydroxylamine groups is 2. The molecule has 0 bridgehead atoms. The average molecular weight is 323 g/mol. The molecule has 0 fully saturated rings. The molecule has 2 nitrogen and oxygen atoms in total. The maximum atomic E-state index is 13.1. The topological polar surface area (TPSA) is 12.5 Å². The van der Waals surface area contributed by atoms with Crippen LogP contribution in [0.5, 0.6) is 0 Å². The van der Waals surface area contributed by atoms with Crippen molar-refractivity contribution in [3.05, 3.63) is 11.1 Å². The Bertz CT molecular complexity index is 489. The number of halogens is 11. The van der Waals surface area contributed by atoms with Gasteiger partial charge in [0.25, 0.3) is 0 Å². The van der Waals surface area contributed by atoms with Crippen LogP contribution in [-0.4, -0.2) is 35.4 Å². The van der Waals surface area contributed by atoms with Gasteiger partial charge >= 0.3 is 30.3 Å². The highest BCUT2D eigenvalue weighted by molar-refractivity contribution is 5.50. The lowest BCUT2D eigenvalue weighted by atomic mass is 9.77. The highest BCUT2D eigenvalue weighted by Crippen LogP contribution is 2.67. The smallest absolute Gasteiger partial charge is 0.212 e. The van der Waals surface area contributed by atoms with Crippen molar-refractivity contribution in [3.63, 3.8) is 0 Å². The fourth-order valence-corrected chi connectivity index (χ4v) is 1.76. The van der Waals surface area contributed by atoms with Gasteiger partial charge in [-0.25, -0.2) is 4.84 Å². The van der Waals surface area contributed by atoms with Crippen molar-refractivity contribution in [1.82, 2.24) is 5.06 Å². The standard InChI is InChI=1S/C7F11NO/c8-3(9)1-2(4(3,10)11)6(14,15)20-19(5(1,12)13)7(16,17)18. The third-order valence-corrected chi connectivity index (χ3v) is 2.56. The second kappa shape index (κ2) is 3.37. The molecule has 2 rings (SSSR count). The average Bonchev–Trinajstić information content (AvgIpc) is 2.18. The van der Waals surface area contributed by atoms with Crippen LogP contribution in [0, 0.1) is 0 Å². The van der Waals surface area contributed by atoms with E-state index in [0.717, 1.165) is 0 Å². The molecule has 1 heterocycles. The minimum Gasteiger partial charge on any atom is -0.212 e. The summed E-state index contributed by atoms with van der Waals surface area (Å²) in [5, 5.41) is -2.68. The summed E-state index contributed by atoms with van der Waals surface area (Å²) in [6, 6.07) is -5.90. The van der Waals surface area contributed by atoms with E-state index in [1.807, 2.05) is 0 Å². The van der Waals surface area contributed by atoms with Gasteiger partial charge in [-0.3, -0.25) is 0 Å². The fourth-order valence-electron chi connectivity index (χ4n) is 1.76. The lowest BCUT2D eigenvalue weighted by Gasteiger charge is -2.51. The summed E-state index contributed by atoms with van der Waals surface area (Å²) in [5.74, 6) is -11.6. The van der Waals surface area contributed by atoms with E-state index < -0.39 is 46.5 Å². The molecule has 0 N–H and O–H groups in total. The van der Waals surface area contributed by atoms with Crippen LogP contribution in [0.15, 0.2) is 11.1 Å². The zero-order chi connectivity index (χ0) is 15.9. The van der Waals surface area contributed by atoms with Crippen LogP contribution in [-0.2, 0) is 4.84 Å². The predicted molar refractivity (Wildman–Crippen MR) is 35.8 cm³/mol. The van der Waals surface area contributed by atoms with E-state index in [1.54, 1.807) is 0 Å². The highest BCUT2D eigenvalue weighted by atomic mass is 19.4. The lowest BCUT2D eigenvalue weighted by molar-refractivity contribution is -0.518. The van der Waals surface area contributed by atoms with E-state index in [2.05, 4.69) is 4.84 Å². The third-order valence-electron chi connectivity index (χ3n) is 2.56. The van der Waals surface area contributed by atoms with Crippen molar-refractivity contribution in [3.8, 4) is 0 Å². The number of alkyl halides is 11. The van der Waals surface area contributed by atoms with Crippen LogP contribution in [0.3, 0.4) is 0 Å². The molecule has 20 heavy (non-hydrogen) atoms. The number of nitrogens with zero attached hydrogens (tertiary/aromatic N) is 1. The van der Waals surface area contributed by atoms with Crippen LogP contribution < -0.4 is 0 Å². The van der Waals surface area contributed by atoms with Gasteiger partial charge in [0.05, 0.1) is 0 Å². The summed E-state index contributed by atoms with van der Waals surface area (Å²) in [5.41, 5.74) is -6.48. The van der Waals surface area contributed by atoms with Crippen molar-refractivity contribution < 1.29 is 53.1 Å². The SMILES string of the molecule is FC1(F)ON(C(F)(F)F)C(F)(F)C2=C1C(F)(F)C2(F)F. The summed E-state index contributed by atoms with van der Waals surface area (Å²) >= 11 is 0. The minimum absolute atomic E-state index is 2.47. The van der Waals surface area contributed by atoms with Gasteiger partial charge in [0.1, 0.15) is 11.1 Å². The summed E-state index contributed by atoms with van der Waals surface area (Å²) in [6.07, 6.45) is -12.0. The zero-order valence-electron chi connectivity index (χ0n) is 8.51. The molecule has 0 unspecified atom stereocenters. The van der Waals surface area contributed by atoms with Crippen molar-refractivity contribution in [2.45, 2.75) is 30.3 Å². The molecule has 116 valence electrons. The largest absolute Gasteiger partial charge is 0.488 e. The summed E-state index contributed by atoms with van der Waals surface area (Å²) in [7, 11) is 0. The van der Waals surface area contributed by atoms with Crippen LogP contribution >= 0.6 is 0 Å². The summed E-state index contributed by atoms with van der Waals surface area (Å²) < 4.78 is 139. The molecule has 0 atom stereocenters. The van der Waals surface area contributed by atoms with Crippen molar-refractivity contribution in [1.29, 1.82) is 0 Å². The van der Waals surface area contributed by atoms with E-state index in [0.29, 0.717) is 0 Å². The quantitative estimate of drug-likeness (QED) is 0.384. The Hall–Kier alpha value is -1.11. The Balaban J connectivity index is 2.69. The maximum Gasteiger partial charge on any atom is 0.488 e. The predicted octanol–water partition coefficient (Wildman–Crippen LogP) is 3.52. The lowest BCUT2D eigenvalue weighted by Crippen LogP contribution is -2.71. The Morgan fingerprint density at radius 2 is 1.15 bits per heavy atom. The van der Waals surface area contributed by atoms with Gasteiger partial charge in [-0.15, -0.1) is 0 Å². The van der Waals surface area contributed by atoms with Crippen molar-refractivity contribution >= 4 is 0 Å². The van der Waals surface area contributed by atoms with Gasteiger partial charge in [0, 0.05) is 0 Å². The van der Waals surface area contributed by atoms with Crippen molar-refractivity contribution in [2.75, 3.05) is 0 Å². The zero-order valence-corrected chi connectivity index (χ0v) is 8.51. The first-order valence-electron chi connectivity index (χ1n) is 4.41. The van der Waals surface area contributed by atoms with Gasteiger partial charge in [-0.05, 0) is 5.06 Å². The Morgan fingerprint density at radius 1 is 0.750 bits per heavy atom. The molecule has 0 amide bonds. The normalized spacial score (nSPS) is 30.8. The fraction of sp³-hybridized carbons (Fsp3) is 0.714. The van der Waals surface area contributed by atoms with Crippen LogP contribution in [0.1, 0.15) is 0 Å². The number of rotatable bonds is 0. The van der Waals surface area contributed by atoms with Gasteiger partial charge in [-0.1, -0.05) is 0 Å². The van der Waals surface area contributed by atoms with E-state index in [-0.39, 0.29) is 0 Å². The van der Waals surface area contributed by atoms with E-state index >= 15 is 0 Å². The Morgan fingerprint density at radius 3 is 1.55 bits per heavy atom. The van der Waals surface area contributed by atoms with Gasteiger partial charge in [-0.2, -0.15) is 48.3 Å². The molecule has 13 heteroatoms. The van der Waals surface area contributed by atoms with Gasteiger partial charge in [0.2, 0.25) is 0 Å². The van der Waals surface area contributed by atoms with E-state index in [4.69, 9.17) is 0 Å². The molecule has 1 aliphatic carbocycles. The molecule has 0 radical (unpaired) electrons. The Kier molecular flexibility index (Phi) is 2.58. The van der Waals surface area contributed by atoms with Gasteiger partial charge in [0.15, 0.2) is 0 Å². The Labute approximate surface area is 101 Å². The van der Waals surface area contributed by atoms with Gasteiger partial charge < -0.3 is 0 Å². The molecule has 0 spiro atoms. The molecule has 0 saturated carbocycles. The minimum atomic E-state index is -6.33. The van der Waals surface area contributed by atoms with Crippen LogP contribution in [0.4, 0.5) is 48.3 Å². The second-order valence-electron chi connectivity index (χ2n) is 3.81. The molecule has 0 saturated heterocycles. The molecule has 0 aromatic heterocycles. The van der Waals surface area contributed by atoms with Crippen LogP contribution in [0.2, 0.25) is 0 Å². The number of hydrogen-bond donors (Lipinski definition) is 0.